The predicted octanol–water partition coefficient (Wildman–Crippen LogP) is 1.42. The second kappa shape index (κ2) is 7.06. The van der Waals surface area contributed by atoms with Crippen molar-refractivity contribution in [2.24, 2.45) is 5.92 Å². The van der Waals surface area contributed by atoms with Crippen LogP contribution in [0.5, 0.6) is 0 Å². The van der Waals surface area contributed by atoms with Crippen molar-refractivity contribution in [3.63, 3.8) is 0 Å². The number of nitrogens with one attached hydrogen (secondary N) is 2. The zero-order valence-corrected chi connectivity index (χ0v) is 10.7. The third-order valence-electron chi connectivity index (χ3n) is 2.13. The SMILES string of the molecule is CCc1nc(NCCOCC(C)C)cc(=O)[nH]1. The highest BCUT2D eigenvalue weighted by Crippen LogP contribution is 1.99. The fourth-order valence-corrected chi connectivity index (χ4v) is 1.34. The van der Waals surface area contributed by atoms with Crippen LogP contribution in [0.3, 0.4) is 0 Å². The molecule has 1 heterocycles. The lowest BCUT2D eigenvalue weighted by atomic mass is 10.2. The first-order valence-electron chi connectivity index (χ1n) is 6.03. The van der Waals surface area contributed by atoms with Crippen LogP contribution in [0.1, 0.15) is 26.6 Å². The molecular formula is C12H21N3O2. The molecule has 2 N–H and O–H groups in total. The zero-order chi connectivity index (χ0) is 12.7. The van der Waals surface area contributed by atoms with Gasteiger partial charge in [-0.05, 0) is 5.92 Å². The molecule has 5 nitrogen and oxygen atoms in total. The first-order chi connectivity index (χ1) is 8.11. The van der Waals surface area contributed by atoms with Gasteiger partial charge in [-0.3, -0.25) is 4.79 Å². The van der Waals surface area contributed by atoms with Crippen LogP contribution in [-0.4, -0.2) is 29.7 Å². The van der Waals surface area contributed by atoms with Crippen molar-refractivity contribution in [1.82, 2.24) is 9.97 Å². The van der Waals surface area contributed by atoms with Crippen LogP contribution in [0.15, 0.2) is 10.9 Å². The van der Waals surface area contributed by atoms with Crippen LogP contribution < -0.4 is 10.9 Å². The maximum Gasteiger partial charge on any atom is 0.252 e. The Kier molecular flexibility index (Phi) is 5.69. The average molecular weight is 239 g/mol. The van der Waals surface area contributed by atoms with Crippen molar-refractivity contribution >= 4 is 5.82 Å². The van der Waals surface area contributed by atoms with Gasteiger partial charge in [-0.15, -0.1) is 0 Å². The number of H-pyrrole nitrogens is 1. The lowest BCUT2D eigenvalue weighted by molar-refractivity contribution is 0.118. The lowest BCUT2D eigenvalue weighted by Gasteiger charge is -2.08. The van der Waals surface area contributed by atoms with Crippen molar-refractivity contribution in [3.8, 4) is 0 Å². The highest BCUT2D eigenvalue weighted by atomic mass is 16.5. The summed E-state index contributed by atoms with van der Waals surface area (Å²) in [6, 6.07) is 1.46. The molecule has 1 aromatic heterocycles. The minimum Gasteiger partial charge on any atom is -0.379 e. The summed E-state index contributed by atoms with van der Waals surface area (Å²) in [6.07, 6.45) is 0.717. The van der Waals surface area contributed by atoms with Gasteiger partial charge in [0.15, 0.2) is 0 Å². The molecule has 5 heteroatoms. The van der Waals surface area contributed by atoms with Crippen molar-refractivity contribution in [3.05, 3.63) is 22.2 Å². The molecule has 0 amide bonds. The summed E-state index contributed by atoms with van der Waals surface area (Å²) in [4.78, 5) is 18.2. The fraction of sp³-hybridized carbons (Fsp3) is 0.667. The van der Waals surface area contributed by atoms with Gasteiger partial charge in [0.2, 0.25) is 0 Å². The van der Waals surface area contributed by atoms with E-state index in [2.05, 4.69) is 29.1 Å². The molecule has 0 unspecified atom stereocenters. The van der Waals surface area contributed by atoms with E-state index in [1.165, 1.54) is 6.07 Å². The summed E-state index contributed by atoms with van der Waals surface area (Å²) < 4.78 is 5.43. The van der Waals surface area contributed by atoms with E-state index in [9.17, 15) is 4.79 Å². The summed E-state index contributed by atoms with van der Waals surface area (Å²) in [5, 5.41) is 3.08. The van der Waals surface area contributed by atoms with Crippen molar-refractivity contribution < 1.29 is 4.74 Å². The van der Waals surface area contributed by atoms with Crippen LogP contribution in [0, 0.1) is 5.92 Å². The average Bonchev–Trinajstić information content (AvgIpc) is 2.27. The fourth-order valence-electron chi connectivity index (χ4n) is 1.34. The van der Waals surface area contributed by atoms with E-state index in [4.69, 9.17) is 4.74 Å². The van der Waals surface area contributed by atoms with Crippen molar-refractivity contribution in [2.75, 3.05) is 25.1 Å². The normalized spacial score (nSPS) is 10.8. The number of ether oxygens (including phenoxy) is 1. The number of aryl methyl sites for hydroxylation is 1. The summed E-state index contributed by atoms with van der Waals surface area (Å²) >= 11 is 0. The molecule has 17 heavy (non-hydrogen) atoms. The van der Waals surface area contributed by atoms with E-state index < -0.39 is 0 Å². The minimum atomic E-state index is -0.123. The number of hydrogen-bond acceptors (Lipinski definition) is 4. The van der Waals surface area contributed by atoms with E-state index in [0.717, 1.165) is 6.61 Å². The van der Waals surface area contributed by atoms with Gasteiger partial charge in [-0.1, -0.05) is 20.8 Å². The molecule has 1 rings (SSSR count). The molecule has 1 aromatic rings. The number of aromatic nitrogens is 2. The third-order valence-corrected chi connectivity index (χ3v) is 2.13. The smallest absolute Gasteiger partial charge is 0.252 e. The molecule has 0 fully saturated rings. The Morgan fingerprint density at radius 2 is 2.29 bits per heavy atom. The largest absolute Gasteiger partial charge is 0.379 e. The minimum absolute atomic E-state index is 0.123. The van der Waals surface area contributed by atoms with E-state index in [0.29, 0.717) is 37.1 Å². The van der Waals surface area contributed by atoms with Crippen LogP contribution in [0.2, 0.25) is 0 Å². The third kappa shape index (κ3) is 5.49. The Hall–Kier alpha value is -1.36. The Bertz CT molecular complexity index is 388. The molecule has 0 spiro atoms. The molecule has 0 saturated carbocycles. The Labute approximate surface area is 102 Å². The highest BCUT2D eigenvalue weighted by molar-refractivity contribution is 5.32. The standard InChI is InChI=1S/C12H21N3O2/c1-4-10-14-11(7-12(16)15-10)13-5-6-17-8-9(2)3/h7,9H,4-6,8H2,1-3H3,(H2,13,14,15,16). The highest BCUT2D eigenvalue weighted by Gasteiger charge is 1.99. The van der Waals surface area contributed by atoms with Gasteiger partial charge in [-0.25, -0.2) is 4.98 Å². The van der Waals surface area contributed by atoms with E-state index in [1.54, 1.807) is 0 Å². The number of nitrogens with zero attached hydrogens (tertiary/aromatic N) is 1. The van der Waals surface area contributed by atoms with Crippen molar-refractivity contribution in [1.29, 1.82) is 0 Å². The van der Waals surface area contributed by atoms with Gasteiger partial charge in [0.1, 0.15) is 11.6 Å². The molecule has 0 bridgehead atoms. The molecule has 0 aliphatic heterocycles. The zero-order valence-electron chi connectivity index (χ0n) is 10.7. The quantitative estimate of drug-likeness (QED) is 0.706. The van der Waals surface area contributed by atoms with E-state index >= 15 is 0 Å². The number of anilines is 1. The summed E-state index contributed by atoms with van der Waals surface area (Å²) in [6.45, 7) is 8.21. The summed E-state index contributed by atoms with van der Waals surface area (Å²) in [5.74, 6) is 1.85. The predicted molar refractivity (Wildman–Crippen MR) is 68.4 cm³/mol. The first kappa shape index (κ1) is 13.7. The van der Waals surface area contributed by atoms with Gasteiger partial charge >= 0.3 is 0 Å². The molecular weight excluding hydrogens is 218 g/mol. The molecule has 0 radical (unpaired) electrons. The monoisotopic (exact) mass is 239 g/mol. The number of rotatable bonds is 7. The maximum atomic E-state index is 11.3. The molecule has 0 atom stereocenters. The maximum absolute atomic E-state index is 11.3. The first-order valence-corrected chi connectivity index (χ1v) is 6.03. The Morgan fingerprint density at radius 3 is 2.94 bits per heavy atom. The van der Waals surface area contributed by atoms with Crippen LogP contribution in [0.25, 0.3) is 0 Å². The second-order valence-corrected chi connectivity index (χ2v) is 4.33. The molecule has 0 aliphatic carbocycles. The molecule has 0 aliphatic rings. The van der Waals surface area contributed by atoms with Gasteiger partial charge in [0.05, 0.1) is 6.61 Å². The Morgan fingerprint density at radius 1 is 1.53 bits per heavy atom. The molecule has 0 aromatic carbocycles. The Balaban J connectivity index is 2.36. The van der Waals surface area contributed by atoms with E-state index in [-0.39, 0.29) is 5.56 Å². The summed E-state index contributed by atoms with van der Waals surface area (Å²) in [5.41, 5.74) is -0.123. The van der Waals surface area contributed by atoms with Crippen molar-refractivity contribution in [2.45, 2.75) is 27.2 Å². The van der Waals surface area contributed by atoms with Gasteiger partial charge < -0.3 is 15.0 Å². The number of hydrogen-bond donors (Lipinski definition) is 2. The van der Waals surface area contributed by atoms with Crippen LogP contribution >= 0.6 is 0 Å². The topological polar surface area (TPSA) is 67.0 Å². The molecule has 96 valence electrons. The van der Waals surface area contributed by atoms with Gasteiger partial charge in [0.25, 0.3) is 5.56 Å². The van der Waals surface area contributed by atoms with Crippen LogP contribution in [-0.2, 0) is 11.2 Å². The van der Waals surface area contributed by atoms with Crippen LogP contribution in [0.4, 0.5) is 5.82 Å². The molecule has 0 saturated heterocycles. The lowest BCUT2D eigenvalue weighted by Crippen LogP contribution is -2.16. The van der Waals surface area contributed by atoms with Gasteiger partial charge in [0, 0.05) is 25.6 Å². The second-order valence-electron chi connectivity index (χ2n) is 4.33. The van der Waals surface area contributed by atoms with Gasteiger partial charge in [-0.2, -0.15) is 0 Å². The summed E-state index contributed by atoms with van der Waals surface area (Å²) in [7, 11) is 0. The number of aromatic amines is 1. The van der Waals surface area contributed by atoms with E-state index in [1.807, 2.05) is 6.92 Å².